The Morgan fingerprint density at radius 1 is 0.286 bits per heavy atom. The van der Waals surface area contributed by atoms with Gasteiger partial charge in [-0.1, -0.05) is 0 Å². The van der Waals surface area contributed by atoms with Crippen LogP contribution in [0.1, 0.15) is 125 Å². The molecular weight excluding hydrogens is 358 g/mol. The zero-order valence-corrected chi connectivity index (χ0v) is 24.1. The first kappa shape index (κ1) is 28.1. The minimum Gasteiger partial charge on any atom is -0.292 e. The topological polar surface area (TPSA) is 9.72 Å². The Balaban J connectivity index is 7.30. The molecule has 28 heavy (non-hydrogen) atoms. The first-order valence-electron chi connectivity index (χ1n) is 11.1. The summed E-state index contributed by atoms with van der Waals surface area (Å²) in [5, 5.41) is 0. The van der Waals surface area contributed by atoms with Gasteiger partial charge in [0.1, 0.15) is 0 Å². The Labute approximate surface area is 181 Å². The van der Waals surface area contributed by atoms with Gasteiger partial charge in [-0.3, -0.25) is 13.7 Å². The summed E-state index contributed by atoms with van der Waals surface area (Å²) >= 11 is 0. The van der Waals surface area contributed by atoms with Crippen LogP contribution in [0.25, 0.3) is 0 Å². The zero-order chi connectivity index (χ0) is 23.3. The lowest BCUT2D eigenvalue weighted by Crippen LogP contribution is -2.81. The van der Waals surface area contributed by atoms with Gasteiger partial charge in [-0.25, -0.2) is 0 Å². The predicted molar refractivity (Wildman–Crippen MR) is 131 cm³/mol. The van der Waals surface area contributed by atoms with Crippen molar-refractivity contribution in [3.63, 3.8) is 0 Å². The number of rotatable bonds is 3. The molecular formula is C24H55N3Si. The highest BCUT2D eigenvalue weighted by Crippen LogP contribution is 2.40. The Hall–Kier alpha value is 0.0969. The van der Waals surface area contributed by atoms with Crippen molar-refractivity contribution in [2.75, 3.05) is 0 Å². The maximum absolute atomic E-state index is 2.87. The van der Waals surface area contributed by atoms with Crippen molar-refractivity contribution in [2.24, 2.45) is 0 Å². The molecule has 0 N–H and O–H groups in total. The quantitative estimate of drug-likeness (QED) is 0.495. The van der Waals surface area contributed by atoms with Gasteiger partial charge in [0.05, 0.1) is 0 Å². The normalized spacial score (nSPS) is 16.1. The molecule has 4 heteroatoms. The van der Waals surface area contributed by atoms with Gasteiger partial charge in [-0.05, 0) is 125 Å². The Kier molecular flexibility index (Phi) is 8.01. The summed E-state index contributed by atoms with van der Waals surface area (Å²) < 4.78 is 8.60. The highest BCUT2D eigenvalue weighted by atomic mass is 28.3. The molecule has 0 fully saturated rings. The number of hydrogen-bond donors (Lipinski definition) is 0. The zero-order valence-electron chi connectivity index (χ0n) is 22.9. The summed E-state index contributed by atoms with van der Waals surface area (Å²) in [4.78, 5) is 0. The van der Waals surface area contributed by atoms with Crippen molar-refractivity contribution in [1.82, 2.24) is 13.7 Å². The maximum Gasteiger partial charge on any atom is 0.275 e. The summed E-state index contributed by atoms with van der Waals surface area (Å²) in [6, 6.07) is 0. The fourth-order valence-corrected chi connectivity index (χ4v) is 10.3. The fourth-order valence-electron chi connectivity index (χ4n) is 5.44. The third kappa shape index (κ3) is 7.11. The van der Waals surface area contributed by atoms with Gasteiger partial charge in [-0.2, -0.15) is 0 Å². The maximum atomic E-state index is 2.87. The molecule has 0 spiro atoms. The van der Waals surface area contributed by atoms with E-state index in [-0.39, 0.29) is 33.2 Å². The van der Waals surface area contributed by atoms with Gasteiger partial charge in [0.15, 0.2) is 0 Å². The highest BCUT2D eigenvalue weighted by molar-refractivity contribution is 6.51. The summed E-state index contributed by atoms with van der Waals surface area (Å²) in [6.07, 6.45) is 0. The Bertz CT molecular complexity index is 381. The Morgan fingerprint density at radius 2 is 0.393 bits per heavy atom. The molecule has 0 aromatic heterocycles. The standard InChI is InChI=1S/C24H55N3Si/c1-19(2,3)25(20(4,5)6)28(26(21(7,8)9)22(10,11)12)27(23(13,14)15)24(16,17)18/h28H,1-18H3. The second-order valence-corrected chi connectivity index (χ2v) is 16.7. The van der Waals surface area contributed by atoms with E-state index >= 15 is 0 Å². The summed E-state index contributed by atoms with van der Waals surface area (Å²) in [6.45, 7) is 43.1. The van der Waals surface area contributed by atoms with E-state index in [4.69, 9.17) is 0 Å². The van der Waals surface area contributed by atoms with Crippen LogP contribution in [-0.2, 0) is 0 Å². The van der Waals surface area contributed by atoms with E-state index in [0.29, 0.717) is 0 Å². The van der Waals surface area contributed by atoms with Crippen molar-refractivity contribution in [2.45, 2.75) is 158 Å². The largest absolute Gasteiger partial charge is 0.292 e. The predicted octanol–water partition coefficient (Wildman–Crippen LogP) is 6.40. The SMILES string of the molecule is CC(C)(C)N([SiH](N(C(C)(C)C)C(C)(C)C)N(C(C)(C)C)C(C)(C)C)C(C)(C)C. The minimum absolute atomic E-state index is 0.0681. The molecule has 0 aliphatic rings. The molecule has 0 aliphatic carbocycles. The lowest BCUT2D eigenvalue weighted by molar-refractivity contribution is 0.00823. The monoisotopic (exact) mass is 413 g/mol. The minimum atomic E-state index is -1.83. The van der Waals surface area contributed by atoms with Crippen molar-refractivity contribution in [3.05, 3.63) is 0 Å². The van der Waals surface area contributed by atoms with Crippen LogP contribution in [0.15, 0.2) is 0 Å². The second-order valence-electron chi connectivity index (χ2n) is 14.5. The van der Waals surface area contributed by atoms with Crippen molar-refractivity contribution in [3.8, 4) is 0 Å². The van der Waals surface area contributed by atoms with Gasteiger partial charge in [-0.15, -0.1) is 0 Å². The summed E-state index contributed by atoms with van der Waals surface area (Å²) in [5.74, 6) is 0. The van der Waals surface area contributed by atoms with Crippen LogP contribution in [0, 0.1) is 0 Å². The molecule has 170 valence electrons. The molecule has 0 saturated heterocycles. The van der Waals surface area contributed by atoms with E-state index in [1.54, 1.807) is 0 Å². The third-order valence-electron chi connectivity index (χ3n) is 5.03. The lowest BCUT2D eigenvalue weighted by atomic mass is 10.0. The molecule has 0 unspecified atom stereocenters. The van der Waals surface area contributed by atoms with Crippen LogP contribution in [0.2, 0.25) is 0 Å². The first-order valence-corrected chi connectivity index (χ1v) is 12.7. The van der Waals surface area contributed by atoms with Crippen LogP contribution in [0.5, 0.6) is 0 Å². The van der Waals surface area contributed by atoms with E-state index in [1.807, 2.05) is 0 Å². The summed E-state index contributed by atoms with van der Waals surface area (Å²) in [5.41, 5.74) is 0.409. The highest BCUT2D eigenvalue weighted by Gasteiger charge is 2.54. The van der Waals surface area contributed by atoms with Gasteiger partial charge in [0, 0.05) is 33.2 Å². The lowest BCUT2D eigenvalue weighted by Gasteiger charge is -2.65. The van der Waals surface area contributed by atoms with Crippen LogP contribution in [0.4, 0.5) is 0 Å². The molecule has 0 bridgehead atoms. The third-order valence-corrected chi connectivity index (χ3v) is 11.1. The molecule has 0 aromatic carbocycles. The average Bonchev–Trinajstić information content (AvgIpc) is 2.13. The first-order chi connectivity index (χ1) is 11.7. The van der Waals surface area contributed by atoms with Crippen LogP contribution >= 0.6 is 0 Å². The van der Waals surface area contributed by atoms with E-state index < -0.39 is 9.28 Å². The second kappa shape index (κ2) is 7.98. The van der Waals surface area contributed by atoms with Gasteiger partial charge in [0.2, 0.25) is 0 Å². The molecule has 0 aromatic rings. The molecule has 0 atom stereocenters. The molecule has 0 saturated carbocycles. The average molecular weight is 414 g/mol. The molecule has 0 rings (SSSR count). The van der Waals surface area contributed by atoms with Gasteiger partial charge < -0.3 is 0 Å². The molecule has 0 radical (unpaired) electrons. The molecule has 0 heterocycles. The molecule has 0 amide bonds. The Morgan fingerprint density at radius 3 is 0.464 bits per heavy atom. The van der Waals surface area contributed by atoms with Crippen LogP contribution < -0.4 is 0 Å². The van der Waals surface area contributed by atoms with E-state index in [2.05, 4.69) is 138 Å². The van der Waals surface area contributed by atoms with Crippen molar-refractivity contribution < 1.29 is 0 Å². The van der Waals surface area contributed by atoms with E-state index in [1.165, 1.54) is 0 Å². The fraction of sp³-hybridized carbons (Fsp3) is 1.00. The molecule has 3 nitrogen and oxygen atoms in total. The van der Waals surface area contributed by atoms with E-state index in [0.717, 1.165) is 0 Å². The summed E-state index contributed by atoms with van der Waals surface area (Å²) in [7, 11) is -1.83. The number of nitrogens with zero attached hydrogens (tertiary/aromatic N) is 3. The smallest absolute Gasteiger partial charge is 0.275 e. The van der Waals surface area contributed by atoms with Crippen LogP contribution in [0.3, 0.4) is 0 Å². The van der Waals surface area contributed by atoms with Crippen LogP contribution in [-0.4, -0.2) is 56.2 Å². The number of hydrogen-bond acceptors (Lipinski definition) is 3. The van der Waals surface area contributed by atoms with Gasteiger partial charge in [0.25, 0.3) is 9.28 Å². The molecule has 0 aliphatic heterocycles. The van der Waals surface area contributed by atoms with E-state index in [9.17, 15) is 0 Å². The van der Waals surface area contributed by atoms with Crippen molar-refractivity contribution >= 4 is 9.28 Å². The van der Waals surface area contributed by atoms with Gasteiger partial charge >= 0.3 is 0 Å². The van der Waals surface area contributed by atoms with Crippen molar-refractivity contribution in [1.29, 1.82) is 0 Å².